The molecule has 0 fully saturated rings. The zero-order valence-corrected chi connectivity index (χ0v) is 8.74. The van der Waals surface area contributed by atoms with Crippen LogP contribution in [0.25, 0.3) is 0 Å². The number of benzene rings is 1. The lowest BCUT2D eigenvalue weighted by atomic mass is 10.1. The molecule has 0 aliphatic carbocycles. The molecule has 0 radical (unpaired) electrons. The normalized spacial score (nSPS) is 9.86. The molecule has 0 spiro atoms. The average molecular weight is 260 g/mol. The van der Waals surface area contributed by atoms with Gasteiger partial charge in [0.15, 0.2) is 5.78 Å². The Morgan fingerprint density at radius 1 is 1.57 bits per heavy atom. The van der Waals surface area contributed by atoms with Crippen molar-refractivity contribution in [3.8, 4) is 5.75 Å². The number of hydrogen-bond acceptors (Lipinski definition) is 4. The van der Waals surface area contributed by atoms with Gasteiger partial charge in [-0.15, -0.1) is 0 Å². The molecular formula is C8H6BrNO4. The summed E-state index contributed by atoms with van der Waals surface area (Å²) >= 11 is 2.93. The quantitative estimate of drug-likeness (QED) is 0.502. The van der Waals surface area contributed by atoms with Gasteiger partial charge in [-0.2, -0.15) is 0 Å². The summed E-state index contributed by atoms with van der Waals surface area (Å²) in [5.41, 5.74) is -0.300. The van der Waals surface area contributed by atoms with Crippen LogP contribution in [0.4, 0.5) is 5.69 Å². The van der Waals surface area contributed by atoms with E-state index < -0.39 is 16.4 Å². The Morgan fingerprint density at radius 3 is 2.57 bits per heavy atom. The van der Waals surface area contributed by atoms with Crippen molar-refractivity contribution in [2.75, 3.05) is 0 Å². The van der Waals surface area contributed by atoms with Crippen LogP contribution in [0, 0.1) is 10.1 Å². The second-order valence-electron chi connectivity index (χ2n) is 2.64. The maximum Gasteiger partial charge on any atom is 0.312 e. The average Bonchev–Trinajstić information content (AvgIpc) is 2.08. The summed E-state index contributed by atoms with van der Waals surface area (Å²) in [5, 5.41) is 19.7. The number of phenols is 1. The molecule has 0 atom stereocenters. The number of carbonyl (C=O) groups is 1. The number of rotatable bonds is 2. The summed E-state index contributed by atoms with van der Waals surface area (Å²) in [5.74, 6) is -0.770. The lowest BCUT2D eigenvalue weighted by Gasteiger charge is -2.01. The lowest BCUT2D eigenvalue weighted by Crippen LogP contribution is -1.96. The van der Waals surface area contributed by atoms with Crippen molar-refractivity contribution < 1.29 is 14.8 Å². The molecule has 0 aliphatic rings. The van der Waals surface area contributed by atoms with Crippen LogP contribution in [-0.4, -0.2) is 15.8 Å². The largest absolute Gasteiger partial charge is 0.501 e. The maximum absolute atomic E-state index is 11.0. The smallest absolute Gasteiger partial charge is 0.312 e. The minimum absolute atomic E-state index is 0.136. The van der Waals surface area contributed by atoms with Crippen LogP contribution in [0.1, 0.15) is 17.3 Å². The minimum atomic E-state index is -0.744. The van der Waals surface area contributed by atoms with E-state index in [1.54, 1.807) is 0 Å². The van der Waals surface area contributed by atoms with Crippen molar-refractivity contribution in [3.05, 3.63) is 32.3 Å². The molecule has 0 aromatic heterocycles. The molecule has 14 heavy (non-hydrogen) atoms. The van der Waals surface area contributed by atoms with E-state index in [4.69, 9.17) is 0 Å². The Labute approximate surface area is 87.6 Å². The van der Waals surface area contributed by atoms with Gasteiger partial charge in [0.25, 0.3) is 0 Å². The van der Waals surface area contributed by atoms with Gasteiger partial charge in [-0.05, 0) is 28.9 Å². The molecule has 74 valence electrons. The molecule has 6 heteroatoms. The molecular weight excluding hydrogens is 254 g/mol. The number of carbonyl (C=O) groups excluding carboxylic acids is 1. The molecule has 1 N–H and O–H groups in total. The van der Waals surface area contributed by atoms with E-state index >= 15 is 0 Å². The van der Waals surface area contributed by atoms with Gasteiger partial charge in [0.05, 0.1) is 9.40 Å². The standard InChI is InChI=1S/C8H6BrNO4/c1-4(11)5-2-6(9)8(12)7(3-5)10(13)14/h2-3,12H,1H3. The van der Waals surface area contributed by atoms with Crippen molar-refractivity contribution >= 4 is 27.4 Å². The van der Waals surface area contributed by atoms with Crippen molar-refractivity contribution in [3.63, 3.8) is 0 Å². The van der Waals surface area contributed by atoms with E-state index in [-0.39, 0.29) is 15.8 Å². The van der Waals surface area contributed by atoms with E-state index in [2.05, 4.69) is 15.9 Å². The van der Waals surface area contributed by atoms with Crippen molar-refractivity contribution in [1.82, 2.24) is 0 Å². The summed E-state index contributed by atoms with van der Waals surface area (Å²) in [7, 11) is 0. The Balaban J connectivity index is 3.43. The van der Waals surface area contributed by atoms with E-state index in [0.29, 0.717) is 0 Å². The molecule has 0 saturated carbocycles. The molecule has 0 amide bonds. The molecule has 1 rings (SSSR count). The van der Waals surface area contributed by atoms with E-state index in [1.165, 1.54) is 13.0 Å². The fourth-order valence-corrected chi connectivity index (χ4v) is 1.38. The second-order valence-corrected chi connectivity index (χ2v) is 3.49. The molecule has 0 bridgehead atoms. The molecule has 5 nitrogen and oxygen atoms in total. The zero-order chi connectivity index (χ0) is 10.9. The van der Waals surface area contributed by atoms with Crippen LogP contribution in [0.2, 0.25) is 0 Å². The van der Waals surface area contributed by atoms with Gasteiger partial charge >= 0.3 is 5.69 Å². The molecule has 0 aliphatic heterocycles. The van der Waals surface area contributed by atoms with Crippen molar-refractivity contribution in [2.24, 2.45) is 0 Å². The molecule has 1 aromatic rings. The van der Waals surface area contributed by atoms with Crippen molar-refractivity contribution in [2.45, 2.75) is 6.92 Å². The number of nitro groups is 1. The summed E-state index contributed by atoms with van der Waals surface area (Å²) in [4.78, 5) is 20.7. The summed E-state index contributed by atoms with van der Waals surface area (Å²) in [6, 6.07) is 2.38. The fourth-order valence-electron chi connectivity index (χ4n) is 0.927. The Hall–Kier alpha value is -1.43. The first-order valence-corrected chi connectivity index (χ1v) is 4.40. The van der Waals surface area contributed by atoms with Gasteiger partial charge in [0, 0.05) is 11.6 Å². The van der Waals surface area contributed by atoms with Crippen molar-refractivity contribution in [1.29, 1.82) is 0 Å². The maximum atomic E-state index is 11.0. The molecule has 1 aromatic carbocycles. The Bertz CT molecular complexity index is 416. The first-order valence-electron chi connectivity index (χ1n) is 3.61. The van der Waals surface area contributed by atoms with Crippen LogP contribution in [0.15, 0.2) is 16.6 Å². The first-order chi connectivity index (χ1) is 6.43. The summed E-state index contributed by atoms with van der Waals surface area (Å²) < 4.78 is 0.136. The third-order valence-corrected chi connectivity index (χ3v) is 2.25. The van der Waals surface area contributed by atoms with Gasteiger partial charge in [0.1, 0.15) is 0 Å². The highest BCUT2D eigenvalue weighted by Gasteiger charge is 2.18. The lowest BCUT2D eigenvalue weighted by molar-refractivity contribution is -0.386. The van der Waals surface area contributed by atoms with Crippen LogP contribution >= 0.6 is 15.9 Å². The third-order valence-electron chi connectivity index (χ3n) is 1.65. The van der Waals surface area contributed by atoms with Gasteiger partial charge in [-0.3, -0.25) is 14.9 Å². The SMILES string of the molecule is CC(=O)c1cc(Br)c(O)c([N+](=O)[O-])c1. The number of Topliss-reactive ketones (excluding diaryl/α,β-unsaturated/α-hetero) is 1. The van der Waals surface area contributed by atoms with E-state index in [0.717, 1.165) is 6.07 Å². The van der Waals surface area contributed by atoms with E-state index in [9.17, 15) is 20.0 Å². The minimum Gasteiger partial charge on any atom is -0.501 e. The van der Waals surface area contributed by atoms with Gasteiger partial charge < -0.3 is 5.11 Å². The highest BCUT2D eigenvalue weighted by atomic mass is 79.9. The number of nitro benzene ring substituents is 1. The number of ketones is 1. The molecule has 0 saturated heterocycles. The highest BCUT2D eigenvalue weighted by molar-refractivity contribution is 9.10. The number of phenolic OH excluding ortho intramolecular Hbond substituents is 1. The fraction of sp³-hybridized carbons (Fsp3) is 0.125. The molecule has 0 heterocycles. The number of hydrogen-bond donors (Lipinski definition) is 1. The van der Waals surface area contributed by atoms with E-state index in [1.807, 2.05) is 0 Å². The molecule has 0 unspecified atom stereocenters. The number of halogens is 1. The van der Waals surface area contributed by atoms with Crippen LogP contribution in [-0.2, 0) is 0 Å². The predicted octanol–water partition coefficient (Wildman–Crippen LogP) is 2.27. The monoisotopic (exact) mass is 259 g/mol. The highest BCUT2D eigenvalue weighted by Crippen LogP contribution is 2.34. The van der Waals surface area contributed by atoms with Crippen LogP contribution < -0.4 is 0 Å². The van der Waals surface area contributed by atoms with Gasteiger partial charge in [-0.25, -0.2) is 0 Å². The number of aromatic hydroxyl groups is 1. The summed E-state index contributed by atoms with van der Waals surface area (Å²) in [6.45, 7) is 1.29. The van der Waals surface area contributed by atoms with Gasteiger partial charge in [0.2, 0.25) is 5.75 Å². The van der Waals surface area contributed by atoms with Crippen LogP contribution in [0.3, 0.4) is 0 Å². The Kier molecular flexibility index (Phi) is 2.85. The topological polar surface area (TPSA) is 80.4 Å². The summed E-state index contributed by atoms with van der Waals surface area (Å²) in [6.07, 6.45) is 0. The first kappa shape index (κ1) is 10.6. The van der Waals surface area contributed by atoms with Gasteiger partial charge in [-0.1, -0.05) is 0 Å². The number of nitrogens with zero attached hydrogens (tertiary/aromatic N) is 1. The Morgan fingerprint density at radius 2 is 2.14 bits per heavy atom. The van der Waals surface area contributed by atoms with Crippen LogP contribution in [0.5, 0.6) is 5.75 Å². The predicted molar refractivity (Wildman–Crippen MR) is 52.5 cm³/mol. The third kappa shape index (κ3) is 1.90. The zero-order valence-electron chi connectivity index (χ0n) is 7.15. The second kappa shape index (κ2) is 3.75.